The zero-order valence-corrected chi connectivity index (χ0v) is 13.0. The van der Waals surface area contributed by atoms with Gasteiger partial charge in [-0.25, -0.2) is 0 Å². The van der Waals surface area contributed by atoms with Gasteiger partial charge in [0.15, 0.2) is 8.32 Å². The van der Waals surface area contributed by atoms with Crippen LogP contribution in [0.1, 0.15) is 34.1 Å². The number of hydrogen-bond acceptors (Lipinski definition) is 2. The quantitative estimate of drug-likeness (QED) is 0.474. The van der Waals surface area contributed by atoms with Crippen LogP contribution >= 0.6 is 0 Å². The number of hydrogen-bond donors (Lipinski definition) is 1. The predicted molar refractivity (Wildman–Crippen MR) is 76.3 cm³/mol. The first-order valence-electron chi connectivity index (χ1n) is 6.07. The van der Waals surface area contributed by atoms with Crippen LogP contribution in [0.25, 0.3) is 0 Å². The molecule has 2 atom stereocenters. The fraction of sp³-hybridized carbons (Fsp3) is 0.714. The van der Waals surface area contributed by atoms with Crippen molar-refractivity contribution in [3.63, 3.8) is 0 Å². The maximum absolute atomic E-state index is 9.07. The van der Waals surface area contributed by atoms with Gasteiger partial charge in [-0.05, 0) is 25.1 Å². The standard InChI is InChI=1S/C14H26O2Si/c1-8-13(11-9-10-12(2)15)16-17(6,7)14(3,4)5/h8,12-13,15H,1,11H2,2-7H3. The Balaban J connectivity index is 4.53. The summed E-state index contributed by atoms with van der Waals surface area (Å²) in [5.41, 5.74) is 0. The third kappa shape index (κ3) is 6.07. The maximum atomic E-state index is 9.07. The van der Waals surface area contributed by atoms with Crippen molar-refractivity contribution in [2.75, 3.05) is 0 Å². The Morgan fingerprint density at radius 3 is 2.29 bits per heavy atom. The second kappa shape index (κ2) is 6.39. The highest BCUT2D eigenvalue weighted by Crippen LogP contribution is 2.37. The van der Waals surface area contributed by atoms with Crippen molar-refractivity contribution in [1.29, 1.82) is 0 Å². The molecule has 1 N–H and O–H groups in total. The van der Waals surface area contributed by atoms with Gasteiger partial charge in [-0.15, -0.1) is 6.58 Å². The van der Waals surface area contributed by atoms with Gasteiger partial charge in [0.1, 0.15) is 6.10 Å². The molecule has 0 heterocycles. The summed E-state index contributed by atoms with van der Waals surface area (Å²) in [6, 6.07) is 0. The summed E-state index contributed by atoms with van der Waals surface area (Å²) in [6.07, 6.45) is 1.79. The zero-order chi connectivity index (χ0) is 13.7. The molecule has 0 bridgehead atoms. The third-order valence-electron chi connectivity index (χ3n) is 3.13. The van der Waals surface area contributed by atoms with E-state index in [4.69, 9.17) is 9.53 Å². The minimum atomic E-state index is -1.77. The second-order valence-corrected chi connectivity index (χ2v) is 10.6. The van der Waals surface area contributed by atoms with E-state index in [1.165, 1.54) is 0 Å². The summed E-state index contributed by atoms with van der Waals surface area (Å²) in [6.45, 7) is 16.5. The van der Waals surface area contributed by atoms with Crippen LogP contribution < -0.4 is 0 Å². The van der Waals surface area contributed by atoms with E-state index in [1.807, 2.05) is 0 Å². The smallest absolute Gasteiger partial charge is 0.192 e. The lowest BCUT2D eigenvalue weighted by Gasteiger charge is -2.38. The first kappa shape index (κ1) is 16.4. The maximum Gasteiger partial charge on any atom is 0.192 e. The Labute approximate surface area is 107 Å². The topological polar surface area (TPSA) is 29.5 Å². The molecule has 0 radical (unpaired) electrons. The minimum Gasteiger partial charge on any atom is -0.410 e. The molecule has 0 amide bonds. The monoisotopic (exact) mass is 254 g/mol. The Kier molecular flexibility index (Phi) is 6.18. The lowest BCUT2D eigenvalue weighted by atomic mass is 10.2. The molecule has 0 fully saturated rings. The van der Waals surface area contributed by atoms with Crippen molar-refractivity contribution >= 4 is 8.32 Å². The summed E-state index contributed by atoms with van der Waals surface area (Å²) in [4.78, 5) is 0. The summed E-state index contributed by atoms with van der Waals surface area (Å²) in [5.74, 6) is 5.66. The van der Waals surface area contributed by atoms with E-state index < -0.39 is 14.4 Å². The molecule has 2 unspecified atom stereocenters. The SMILES string of the molecule is C=CC(CC#CC(C)O)O[Si](C)(C)C(C)(C)C. The van der Waals surface area contributed by atoms with E-state index in [0.717, 1.165) is 0 Å². The van der Waals surface area contributed by atoms with E-state index in [1.54, 1.807) is 13.0 Å². The molecule has 0 aliphatic rings. The molecule has 0 aliphatic heterocycles. The third-order valence-corrected chi connectivity index (χ3v) is 7.63. The van der Waals surface area contributed by atoms with Crippen molar-refractivity contribution < 1.29 is 9.53 Å². The van der Waals surface area contributed by atoms with Crippen molar-refractivity contribution in [3.8, 4) is 11.8 Å². The molecule has 17 heavy (non-hydrogen) atoms. The van der Waals surface area contributed by atoms with Crippen molar-refractivity contribution in [2.24, 2.45) is 0 Å². The van der Waals surface area contributed by atoms with Gasteiger partial charge in [0.05, 0.1) is 6.10 Å². The molecule has 0 aliphatic carbocycles. The summed E-state index contributed by atoms with van der Waals surface area (Å²) >= 11 is 0. The summed E-state index contributed by atoms with van der Waals surface area (Å²) < 4.78 is 6.17. The highest BCUT2D eigenvalue weighted by atomic mass is 28.4. The Hall–Kier alpha value is -0.563. The first-order chi connectivity index (χ1) is 7.60. The lowest BCUT2D eigenvalue weighted by molar-refractivity contribution is 0.229. The Morgan fingerprint density at radius 1 is 1.41 bits per heavy atom. The first-order valence-corrected chi connectivity index (χ1v) is 8.98. The van der Waals surface area contributed by atoms with E-state index in [2.05, 4.69) is 52.3 Å². The van der Waals surface area contributed by atoms with Crippen LogP contribution in [0.4, 0.5) is 0 Å². The van der Waals surface area contributed by atoms with E-state index in [9.17, 15) is 0 Å². The second-order valence-electron chi connectivity index (χ2n) is 5.85. The van der Waals surface area contributed by atoms with E-state index in [-0.39, 0.29) is 11.1 Å². The van der Waals surface area contributed by atoms with Gasteiger partial charge in [-0.3, -0.25) is 0 Å². The van der Waals surface area contributed by atoms with Crippen molar-refractivity contribution in [1.82, 2.24) is 0 Å². The van der Waals surface area contributed by atoms with Gasteiger partial charge >= 0.3 is 0 Å². The van der Waals surface area contributed by atoms with Crippen LogP contribution in [0.2, 0.25) is 18.1 Å². The van der Waals surface area contributed by atoms with Gasteiger partial charge in [-0.1, -0.05) is 38.7 Å². The number of aliphatic hydroxyl groups excluding tert-OH is 1. The van der Waals surface area contributed by atoms with Gasteiger partial charge in [-0.2, -0.15) is 0 Å². The van der Waals surface area contributed by atoms with Crippen LogP contribution in [0.15, 0.2) is 12.7 Å². The van der Waals surface area contributed by atoms with Gasteiger partial charge in [0, 0.05) is 6.42 Å². The van der Waals surface area contributed by atoms with Gasteiger partial charge in [0.25, 0.3) is 0 Å². The molecule has 0 saturated carbocycles. The molecule has 0 saturated heterocycles. The largest absolute Gasteiger partial charge is 0.410 e. The van der Waals surface area contributed by atoms with Crippen LogP contribution in [-0.2, 0) is 4.43 Å². The Morgan fingerprint density at radius 2 is 1.94 bits per heavy atom. The van der Waals surface area contributed by atoms with Crippen LogP contribution in [0.3, 0.4) is 0 Å². The molecule has 0 spiro atoms. The molecular formula is C14H26O2Si. The molecule has 0 aromatic rings. The fourth-order valence-electron chi connectivity index (χ4n) is 1.04. The summed E-state index contributed by atoms with van der Waals surface area (Å²) in [5, 5.41) is 9.25. The van der Waals surface area contributed by atoms with Crippen molar-refractivity contribution in [3.05, 3.63) is 12.7 Å². The molecule has 2 nitrogen and oxygen atoms in total. The number of rotatable bonds is 4. The van der Waals surface area contributed by atoms with Crippen LogP contribution in [-0.4, -0.2) is 25.6 Å². The van der Waals surface area contributed by atoms with Crippen molar-refractivity contribution in [2.45, 2.75) is 64.5 Å². The minimum absolute atomic E-state index is 0.0397. The Bertz CT molecular complexity index is 302. The summed E-state index contributed by atoms with van der Waals surface area (Å²) in [7, 11) is -1.77. The van der Waals surface area contributed by atoms with E-state index in [0.29, 0.717) is 6.42 Å². The fourth-order valence-corrected chi connectivity index (χ4v) is 2.33. The van der Waals surface area contributed by atoms with Gasteiger partial charge in [0.2, 0.25) is 0 Å². The zero-order valence-electron chi connectivity index (χ0n) is 12.0. The van der Waals surface area contributed by atoms with E-state index >= 15 is 0 Å². The average Bonchev–Trinajstić information content (AvgIpc) is 2.13. The van der Waals surface area contributed by atoms with Crippen LogP contribution in [0.5, 0.6) is 0 Å². The number of aliphatic hydroxyl groups is 1. The molecule has 0 rings (SSSR count). The average molecular weight is 254 g/mol. The normalized spacial score (nSPS) is 15.7. The molecule has 3 heteroatoms. The molecule has 0 aromatic carbocycles. The van der Waals surface area contributed by atoms with Crippen LogP contribution in [0, 0.1) is 11.8 Å². The lowest BCUT2D eigenvalue weighted by Crippen LogP contribution is -2.43. The molecule has 0 aromatic heterocycles. The highest BCUT2D eigenvalue weighted by molar-refractivity contribution is 6.74. The highest BCUT2D eigenvalue weighted by Gasteiger charge is 2.38. The molecule has 98 valence electrons. The predicted octanol–water partition coefficient (Wildman–Crippen LogP) is 3.34. The molecular weight excluding hydrogens is 228 g/mol. The van der Waals surface area contributed by atoms with Gasteiger partial charge < -0.3 is 9.53 Å².